The summed E-state index contributed by atoms with van der Waals surface area (Å²) in [6.45, 7) is 4.08. The van der Waals surface area contributed by atoms with Gasteiger partial charge in [-0.15, -0.1) is 0 Å². The quantitative estimate of drug-likeness (QED) is 0.856. The van der Waals surface area contributed by atoms with Crippen molar-refractivity contribution in [2.45, 2.75) is 25.4 Å². The Morgan fingerprint density at radius 3 is 2.57 bits per heavy atom. The Bertz CT molecular complexity index is 605. The normalized spacial score (nSPS) is 13.0. The van der Waals surface area contributed by atoms with E-state index in [9.17, 15) is 4.79 Å². The minimum Gasteiger partial charge on any atom is -0.467 e. The van der Waals surface area contributed by atoms with Crippen LogP contribution in [-0.4, -0.2) is 29.7 Å². The number of esters is 1. The predicted octanol–water partition coefficient (Wildman–Crippen LogP) is 2.10. The second kappa shape index (κ2) is 6.10. The number of nitrogens with one attached hydrogen (secondary N) is 1. The third kappa shape index (κ3) is 2.97. The molecule has 21 heavy (non-hydrogen) atoms. The molecule has 0 amide bonds. The van der Waals surface area contributed by atoms with Crippen molar-refractivity contribution in [1.82, 2.24) is 14.9 Å². The average molecular weight is 287 g/mol. The largest absolute Gasteiger partial charge is 0.467 e. The molecule has 0 saturated heterocycles. The summed E-state index contributed by atoms with van der Waals surface area (Å²) in [4.78, 5) is 16.5. The highest BCUT2D eigenvalue weighted by Crippen LogP contribution is 2.27. The van der Waals surface area contributed by atoms with E-state index in [0.29, 0.717) is 0 Å². The van der Waals surface area contributed by atoms with Gasteiger partial charge in [0.05, 0.1) is 30.9 Å². The van der Waals surface area contributed by atoms with E-state index in [0.717, 1.165) is 11.3 Å². The van der Waals surface area contributed by atoms with Crippen LogP contribution in [0.3, 0.4) is 0 Å². The Hall–Kier alpha value is -2.14. The molecule has 0 aliphatic heterocycles. The number of hydrogen-bond acceptors (Lipinski definition) is 4. The Balaban J connectivity index is 2.54. The van der Waals surface area contributed by atoms with Gasteiger partial charge in [0.1, 0.15) is 0 Å². The first-order valence-electron chi connectivity index (χ1n) is 6.85. The van der Waals surface area contributed by atoms with E-state index in [-0.39, 0.29) is 11.5 Å². The molecule has 1 aromatic heterocycles. The zero-order valence-corrected chi connectivity index (χ0v) is 12.8. The molecule has 112 valence electrons. The highest BCUT2D eigenvalue weighted by atomic mass is 16.5. The molecule has 1 atom stereocenters. The van der Waals surface area contributed by atoms with Crippen molar-refractivity contribution in [2.75, 3.05) is 14.2 Å². The molecular weight excluding hydrogens is 266 g/mol. The van der Waals surface area contributed by atoms with Crippen LogP contribution in [0.15, 0.2) is 42.9 Å². The standard InChI is InChI=1S/C16H21N3O2/c1-16(2,17-3)13-10-18-11-19(13)14(15(20)21-4)12-8-6-5-7-9-12/h5-11,14,17H,1-4H3. The lowest BCUT2D eigenvalue weighted by molar-refractivity contribution is -0.143. The second-order valence-electron chi connectivity index (χ2n) is 5.40. The first-order valence-corrected chi connectivity index (χ1v) is 6.85. The maximum atomic E-state index is 12.3. The molecule has 1 N–H and O–H groups in total. The van der Waals surface area contributed by atoms with Crippen LogP contribution in [-0.2, 0) is 15.1 Å². The van der Waals surface area contributed by atoms with Crippen LogP contribution in [0.25, 0.3) is 0 Å². The van der Waals surface area contributed by atoms with Crippen LogP contribution >= 0.6 is 0 Å². The third-order valence-electron chi connectivity index (χ3n) is 3.75. The number of ether oxygens (including phenoxy) is 1. The highest BCUT2D eigenvalue weighted by molar-refractivity contribution is 5.78. The summed E-state index contributed by atoms with van der Waals surface area (Å²) < 4.78 is 6.84. The van der Waals surface area contributed by atoms with E-state index in [1.54, 1.807) is 12.5 Å². The van der Waals surface area contributed by atoms with Crippen molar-refractivity contribution in [3.63, 3.8) is 0 Å². The minimum absolute atomic E-state index is 0.308. The first kappa shape index (κ1) is 15.3. The molecule has 2 aromatic rings. The van der Waals surface area contributed by atoms with E-state index in [2.05, 4.69) is 10.3 Å². The summed E-state index contributed by atoms with van der Waals surface area (Å²) in [6, 6.07) is 9.02. The Morgan fingerprint density at radius 2 is 2.00 bits per heavy atom. The van der Waals surface area contributed by atoms with Crippen molar-refractivity contribution in [3.8, 4) is 0 Å². The molecule has 0 bridgehead atoms. The SMILES string of the molecule is CNC(C)(C)c1cncn1C(C(=O)OC)c1ccccc1. The van der Waals surface area contributed by atoms with Gasteiger partial charge >= 0.3 is 5.97 Å². The monoisotopic (exact) mass is 287 g/mol. The van der Waals surface area contributed by atoms with E-state index >= 15 is 0 Å². The van der Waals surface area contributed by atoms with Crippen molar-refractivity contribution < 1.29 is 9.53 Å². The van der Waals surface area contributed by atoms with E-state index in [4.69, 9.17) is 4.74 Å². The van der Waals surface area contributed by atoms with Crippen molar-refractivity contribution in [2.24, 2.45) is 0 Å². The molecule has 0 radical (unpaired) electrons. The van der Waals surface area contributed by atoms with Gasteiger partial charge in [0.15, 0.2) is 6.04 Å². The van der Waals surface area contributed by atoms with Crippen LogP contribution in [0.1, 0.15) is 31.1 Å². The number of benzene rings is 1. The minimum atomic E-state index is -0.540. The fraction of sp³-hybridized carbons (Fsp3) is 0.375. The molecule has 0 aliphatic carbocycles. The maximum Gasteiger partial charge on any atom is 0.333 e. The number of rotatable bonds is 5. The summed E-state index contributed by atoms with van der Waals surface area (Å²) in [5, 5.41) is 3.23. The summed E-state index contributed by atoms with van der Waals surface area (Å²) >= 11 is 0. The van der Waals surface area contributed by atoms with Crippen LogP contribution in [0.4, 0.5) is 0 Å². The Morgan fingerprint density at radius 1 is 1.33 bits per heavy atom. The molecule has 5 nitrogen and oxygen atoms in total. The second-order valence-corrected chi connectivity index (χ2v) is 5.40. The van der Waals surface area contributed by atoms with Crippen LogP contribution in [0, 0.1) is 0 Å². The molecule has 2 rings (SSSR count). The van der Waals surface area contributed by atoms with Crippen LogP contribution in [0.5, 0.6) is 0 Å². The third-order valence-corrected chi connectivity index (χ3v) is 3.75. The lowest BCUT2D eigenvalue weighted by atomic mass is 9.99. The number of imidazole rings is 1. The van der Waals surface area contributed by atoms with Gasteiger partial charge in [0, 0.05) is 0 Å². The summed E-state index contributed by atoms with van der Waals surface area (Å²) in [5.74, 6) is -0.313. The number of methoxy groups -OCH3 is 1. The van der Waals surface area contributed by atoms with Crippen molar-refractivity contribution in [3.05, 3.63) is 54.1 Å². The summed E-state index contributed by atoms with van der Waals surface area (Å²) in [7, 11) is 3.28. The van der Waals surface area contributed by atoms with Crippen molar-refractivity contribution >= 4 is 5.97 Å². The molecule has 1 aromatic carbocycles. The van der Waals surface area contributed by atoms with Gasteiger partial charge in [-0.3, -0.25) is 0 Å². The number of aromatic nitrogens is 2. The molecule has 1 heterocycles. The number of carbonyl (C=O) groups excluding carboxylic acids is 1. The van der Waals surface area contributed by atoms with Crippen LogP contribution in [0.2, 0.25) is 0 Å². The highest BCUT2D eigenvalue weighted by Gasteiger charge is 2.30. The smallest absolute Gasteiger partial charge is 0.333 e. The lowest BCUT2D eigenvalue weighted by Gasteiger charge is -2.28. The molecule has 0 aliphatic rings. The summed E-state index contributed by atoms with van der Waals surface area (Å²) in [6.07, 6.45) is 3.44. The van der Waals surface area contributed by atoms with Crippen molar-refractivity contribution in [1.29, 1.82) is 0 Å². The average Bonchev–Trinajstić information content (AvgIpc) is 2.98. The van der Waals surface area contributed by atoms with E-state index in [1.807, 2.05) is 55.8 Å². The molecule has 0 fully saturated rings. The Kier molecular flexibility index (Phi) is 4.43. The fourth-order valence-electron chi connectivity index (χ4n) is 2.28. The molecule has 1 unspecified atom stereocenters. The van der Waals surface area contributed by atoms with E-state index in [1.165, 1.54) is 7.11 Å². The lowest BCUT2D eigenvalue weighted by Crippen LogP contribution is -2.37. The molecule has 5 heteroatoms. The maximum absolute atomic E-state index is 12.3. The van der Waals surface area contributed by atoms with E-state index < -0.39 is 6.04 Å². The zero-order chi connectivity index (χ0) is 15.5. The predicted molar refractivity (Wildman–Crippen MR) is 80.9 cm³/mol. The number of hydrogen-bond donors (Lipinski definition) is 1. The fourth-order valence-corrected chi connectivity index (χ4v) is 2.28. The number of nitrogens with zero attached hydrogens (tertiary/aromatic N) is 2. The van der Waals surface area contributed by atoms with Gasteiger partial charge in [-0.1, -0.05) is 30.3 Å². The molecule has 0 spiro atoms. The molecular formula is C16H21N3O2. The van der Waals surface area contributed by atoms with Gasteiger partial charge in [-0.2, -0.15) is 0 Å². The van der Waals surface area contributed by atoms with Gasteiger partial charge in [0.2, 0.25) is 0 Å². The zero-order valence-electron chi connectivity index (χ0n) is 12.8. The van der Waals surface area contributed by atoms with Gasteiger partial charge in [-0.25, -0.2) is 9.78 Å². The van der Waals surface area contributed by atoms with Gasteiger partial charge in [0.25, 0.3) is 0 Å². The first-order chi connectivity index (χ1) is 10.0. The molecule has 0 saturated carbocycles. The van der Waals surface area contributed by atoms with Gasteiger partial charge in [-0.05, 0) is 26.5 Å². The summed E-state index contributed by atoms with van der Waals surface area (Å²) in [5.41, 5.74) is 1.48. The van der Waals surface area contributed by atoms with Crippen LogP contribution < -0.4 is 5.32 Å². The Labute approximate surface area is 125 Å². The van der Waals surface area contributed by atoms with Gasteiger partial charge < -0.3 is 14.6 Å². The number of carbonyl (C=O) groups is 1. The topological polar surface area (TPSA) is 56.2 Å².